The normalized spacial score (nSPS) is 31.7. The molecule has 3 aliphatic rings. The van der Waals surface area contributed by atoms with Crippen LogP contribution in [0.15, 0.2) is 29.8 Å². The van der Waals surface area contributed by atoms with E-state index in [9.17, 15) is 4.79 Å². The summed E-state index contributed by atoms with van der Waals surface area (Å²) < 4.78 is 0. The van der Waals surface area contributed by atoms with E-state index < -0.39 is 0 Å². The molecule has 0 N–H and O–H groups in total. The molecule has 2 bridgehead atoms. The van der Waals surface area contributed by atoms with Gasteiger partial charge in [-0.25, -0.2) is 0 Å². The van der Waals surface area contributed by atoms with Crippen LogP contribution in [0.4, 0.5) is 0 Å². The first kappa shape index (κ1) is 13.3. The van der Waals surface area contributed by atoms with E-state index in [1.807, 2.05) is 0 Å². The summed E-state index contributed by atoms with van der Waals surface area (Å²) in [5.74, 6) is 0.688. The van der Waals surface area contributed by atoms with Gasteiger partial charge in [0, 0.05) is 30.0 Å². The zero-order valence-electron chi connectivity index (χ0n) is 12.7. The van der Waals surface area contributed by atoms with Crippen molar-refractivity contribution in [3.63, 3.8) is 0 Å². The molecule has 2 atom stereocenters. The summed E-state index contributed by atoms with van der Waals surface area (Å²) in [5, 5.41) is 0. The van der Waals surface area contributed by atoms with Gasteiger partial charge in [0.2, 0.25) is 0 Å². The highest BCUT2D eigenvalue weighted by Crippen LogP contribution is 2.38. The van der Waals surface area contributed by atoms with Crippen molar-refractivity contribution in [3.8, 4) is 0 Å². The SMILES string of the molecule is CN1C2CCCC1CC(C(=O)C1=Cc3ccccc3C1)C2. The fraction of sp³-hybridized carbons (Fsp3) is 0.526. The number of Topliss-reactive ketones (excluding diaryl/α,β-unsaturated/α-hetero) is 1. The Morgan fingerprint density at radius 1 is 1.14 bits per heavy atom. The summed E-state index contributed by atoms with van der Waals surface area (Å²) >= 11 is 0. The van der Waals surface area contributed by atoms with Crippen LogP contribution in [-0.4, -0.2) is 29.8 Å². The molecule has 110 valence electrons. The summed E-state index contributed by atoms with van der Waals surface area (Å²) in [5.41, 5.74) is 3.60. The molecular weight excluding hydrogens is 258 g/mol. The van der Waals surface area contributed by atoms with Crippen molar-refractivity contribution in [3.05, 3.63) is 41.0 Å². The monoisotopic (exact) mass is 281 g/mol. The van der Waals surface area contributed by atoms with Gasteiger partial charge in [0.05, 0.1) is 0 Å². The molecular formula is C19H23NO. The highest BCUT2D eigenvalue weighted by Gasteiger charge is 2.39. The smallest absolute Gasteiger partial charge is 0.162 e. The standard InChI is InChI=1S/C19H23NO/c1-20-17-7-4-8-18(20)12-16(11-17)19(21)15-9-13-5-2-3-6-14(13)10-15/h2-3,5-6,9,16-18H,4,7-8,10-12H2,1H3. The maximum atomic E-state index is 12.9. The first-order valence-corrected chi connectivity index (χ1v) is 8.27. The fourth-order valence-corrected chi connectivity index (χ4v) is 4.53. The molecule has 2 fully saturated rings. The number of piperidine rings is 2. The van der Waals surface area contributed by atoms with E-state index in [-0.39, 0.29) is 5.92 Å². The molecule has 0 radical (unpaired) electrons. The number of ketones is 1. The molecule has 21 heavy (non-hydrogen) atoms. The van der Waals surface area contributed by atoms with E-state index >= 15 is 0 Å². The number of hydrogen-bond donors (Lipinski definition) is 0. The van der Waals surface area contributed by atoms with Crippen molar-refractivity contribution >= 4 is 11.9 Å². The van der Waals surface area contributed by atoms with Crippen molar-refractivity contribution in [1.82, 2.24) is 4.90 Å². The lowest BCUT2D eigenvalue weighted by Crippen LogP contribution is -2.51. The molecule has 1 aliphatic carbocycles. The Balaban J connectivity index is 1.52. The minimum Gasteiger partial charge on any atom is -0.300 e. The Kier molecular flexibility index (Phi) is 3.22. The summed E-state index contributed by atoms with van der Waals surface area (Å²) in [6, 6.07) is 9.67. The summed E-state index contributed by atoms with van der Waals surface area (Å²) in [6.07, 6.45) is 9.00. The number of nitrogens with zero attached hydrogens (tertiary/aromatic N) is 1. The van der Waals surface area contributed by atoms with Crippen LogP contribution in [-0.2, 0) is 11.2 Å². The lowest BCUT2D eigenvalue weighted by atomic mass is 9.75. The van der Waals surface area contributed by atoms with Crippen LogP contribution >= 0.6 is 0 Å². The molecule has 2 unspecified atom stereocenters. The molecule has 0 aromatic heterocycles. The van der Waals surface area contributed by atoms with Gasteiger partial charge in [0.1, 0.15) is 0 Å². The van der Waals surface area contributed by atoms with Gasteiger partial charge in [0.25, 0.3) is 0 Å². The highest BCUT2D eigenvalue weighted by molar-refractivity contribution is 6.03. The van der Waals surface area contributed by atoms with Crippen LogP contribution in [0.25, 0.3) is 6.08 Å². The number of benzene rings is 1. The van der Waals surface area contributed by atoms with Crippen LogP contribution < -0.4 is 0 Å². The number of rotatable bonds is 2. The van der Waals surface area contributed by atoms with Crippen LogP contribution in [0, 0.1) is 5.92 Å². The van der Waals surface area contributed by atoms with Gasteiger partial charge in [-0.2, -0.15) is 0 Å². The molecule has 2 saturated heterocycles. The lowest BCUT2D eigenvalue weighted by molar-refractivity contribution is -0.122. The van der Waals surface area contributed by atoms with Crippen molar-refractivity contribution in [2.45, 2.75) is 50.6 Å². The maximum Gasteiger partial charge on any atom is 0.162 e. The average Bonchev–Trinajstić information content (AvgIpc) is 2.90. The van der Waals surface area contributed by atoms with E-state index in [0.29, 0.717) is 17.9 Å². The van der Waals surface area contributed by atoms with Gasteiger partial charge >= 0.3 is 0 Å². The quantitative estimate of drug-likeness (QED) is 0.827. The van der Waals surface area contributed by atoms with Crippen molar-refractivity contribution in [2.24, 2.45) is 5.92 Å². The summed E-state index contributed by atoms with van der Waals surface area (Å²) in [6.45, 7) is 0. The van der Waals surface area contributed by atoms with Crippen molar-refractivity contribution in [2.75, 3.05) is 7.05 Å². The predicted molar refractivity (Wildman–Crippen MR) is 85.0 cm³/mol. The third kappa shape index (κ3) is 2.26. The number of allylic oxidation sites excluding steroid dienone is 1. The summed E-state index contributed by atoms with van der Waals surface area (Å²) in [4.78, 5) is 15.5. The van der Waals surface area contributed by atoms with Crippen molar-refractivity contribution in [1.29, 1.82) is 0 Å². The second-order valence-electron chi connectivity index (χ2n) is 6.98. The predicted octanol–water partition coefficient (Wildman–Crippen LogP) is 3.46. The highest BCUT2D eigenvalue weighted by atomic mass is 16.1. The zero-order valence-corrected chi connectivity index (χ0v) is 12.7. The van der Waals surface area contributed by atoms with Gasteiger partial charge in [-0.05, 0) is 49.9 Å². The summed E-state index contributed by atoms with van der Waals surface area (Å²) in [7, 11) is 2.25. The molecule has 1 aromatic carbocycles. The van der Waals surface area contributed by atoms with E-state index in [4.69, 9.17) is 0 Å². The number of hydrogen-bond acceptors (Lipinski definition) is 2. The topological polar surface area (TPSA) is 20.3 Å². The van der Waals surface area contributed by atoms with E-state index in [2.05, 4.69) is 42.3 Å². The minimum atomic E-state index is 0.261. The number of carbonyl (C=O) groups excluding carboxylic acids is 1. The van der Waals surface area contributed by atoms with E-state index in [0.717, 1.165) is 24.8 Å². The Hall–Kier alpha value is -1.41. The number of fused-ring (bicyclic) bond motifs is 3. The lowest BCUT2D eigenvalue weighted by Gasteiger charge is -2.46. The fourth-order valence-electron chi connectivity index (χ4n) is 4.53. The first-order chi connectivity index (χ1) is 10.2. The maximum absolute atomic E-state index is 12.9. The Morgan fingerprint density at radius 3 is 2.57 bits per heavy atom. The van der Waals surface area contributed by atoms with Gasteiger partial charge < -0.3 is 4.90 Å². The van der Waals surface area contributed by atoms with Gasteiger partial charge in [-0.15, -0.1) is 0 Å². The van der Waals surface area contributed by atoms with Crippen LogP contribution in [0.2, 0.25) is 0 Å². The molecule has 4 rings (SSSR count). The molecule has 2 heterocycles. The molecule has 0 spiro atoms. The van der Waals surface area contributed by atoms with E-state index in [1.54, 1.807) is 0 Å². The molecule has 2 heteroatoms. The minimum absolute atomic E-state index is 0.261. The van der Waals surface area contributed by atoms with Gasteiger partial charge in [-0.1, -0.05) is 30.7 Å². The molecule has 0 saturated carbocycles. The van der Waals surface area contributed by atoms with Gasteiger partial charge in [-0.3, -0.25) is 4.79 Å². The van der Waals surface area contributed by atoms with Crippen LogP contribution in [0.1, 0.15) is 43.2 Å². The zero-order chi connectivity index (χ0) is 14.4. The average molecular weight is 281 g/mol. The van der Waals surface area contributed by atoms with Crippen LogP contribution in [0.5, 0.6) is 0 Å². The van der Waals surface area contributed by atoms with Crippen LogP contribution in [0.3, 0.4) is 0 Å². The number of carbonyl (C=O) groups is 1. The molecule has 2 aliphatic heterocycles. The van der Waals surface area contributed by atoms with E-state index in [1.165, 1.54) is 30.4 Å². The first-order valence-electron chi connectivity index (χ1n) is 8.27. The second-order valence-corrected chi connectivity index (χ2v) is 6.98. The third-order valence-electron chi connectivity index (χ3n) is 5.79. The Bertz CT molecular complexity index is 589. The second kappa shape index (κ2) is 5.10. The molecule has 1 aromatic rings. The largest absolute Gasteiger partial charge is 0.300 e. The molecule has 0 amide bonds. The third-order valence-corrected chi connectivity index (χ3v) is 5.79. The molecule has 2 nitrogen and oxygen atoms in total. The Morgan fingerprint density at radius 2 is 1.86 bits per heavy atom. The van der Waals surface area contributed by atoms with Crippen molar-refractivity contribution < 1.29 is 4.79 Å². The van der Waals surface area contributed by atoms with Gasteiger partial charge in [0.15, 0.2) is 5.78 Å². The Labute approximate surface area is 126 Å².